The molecule has 0 spiro atoms. The molecule has 5 nitrogen and oxygen atoms in total. The van der Waals surface area contributed by atoms with Crippen molar-refractivity contribution in [3.63, 3.8) is 0 Å². The number of nitrogens with one attached hydrogen (secondary N) is 1. The maximum atomic E-state index is 12.8. The van der Waals surface area contributed by atoms with Gasteiger partial charge in [-0.1, -0.05) is 30.3 Å². The molecule has 0 radical (unpaired) electrons. The van der Waals surface area contributed by atoms with Gasteiger partial charge in [0.25, 0.3) is 5.91 Å². The Hall–Kier alpha value is -3.08. The summed E-state index contributed by atoms with van der Waals surface area (Å²) in [6.45, 7) is 1.93. The molecule has 2 aromatic carbocycles. The number of imidazole rings is 1. The van der Waals surface area contributed by atoms with Crippen LogP contribution in [0.25, 0.3) is 0 Å². The molecule has 25 heavy (non-hydrogen) atoms. The van der Waals surface area contributed by atoms with Gasteiger partial charge in [-0.3, -0.25) is 4.79 Å². The van der Waals surface area contributed by atoms with E-state index >= 15 is 0 Å². The predicted molar refractivity (Wildman–Crippen MR) is 96.7 cm³/mol. The monoisotopic (exact) mass is 335 g/mol. The van der Waals surface area contributed by atoms with Gasteiger partial charge in [0.1, 0.15) is 17.6 Å². The highest BCUT2D eigenvalue weighted by Gasteiger charge is 2.22. The van der Waals surface area contributed by atoms with Crippen LogP contribution in [0.4, 0.5) is 0 Å². The second kappa shape index (κ2) is 7.21. The van der Waals surface area contributed by atoms with Crippen molar-refractivity contribution in [3.8, 4) is 5.75 Å². The Morgan fingerprint density at radius 3 is 2.48 bits per heavy atom. The number of amides is 1. The number of aromatic nitrogens is 2. The summed E-state index contributed by atoms with van der Waals surface area (Å²) in [5.74, 6) is 1.42. The van der Waals surface area contributed by atoms with Crippen molar-refractivity contribution in [2.45, 2.75) is 13.0 Å². The number of carbonyl (C=O) groups is 1. The Morgan fingerprint density at radius 1 is 1.16 bits per heavy atom. The molecular weight excluding hydrogens is 314 g/mol. The molecule has 1 N–H and O–H groups in total. The Balaban J connectivity index is 1.95. The molecule has 5 heteroatoms. The molecule has 1 aromatic heterocycles. The fourth-order valence-electron chi connectivity index (χ4n) is 2.79. The summed E-state index contributed by atoms with van der Waals surface area (Å²) in [6.07, 6.45) is 3.59. The lowest BCUT2D eigenvalue weighted by atomic mass is 10.0. The lowest BCUT2D eigenvalue weighted by Crippen LogP contribution is -2.31. The van der Waals surface area contributed by atoms with Gasteiger partial charge < -0.3 is 14.6 Å². The first-order valence-electron chi connectivity index (χ1n) is 8.08. The minimum atomic E-state index is -0.349. The zero-order chi connectivity index (χ0) is 17.8. The summed E-state index contributed by atoms with van der Waals surface area (Å²) in [5, 5.41) is 3.11. The van der Waals surface area contributed by atoms with Crippen LogP contribution in [0, 0.1) is 6.92 Å². The summed E-state index contributed by atoms with van der Waals surface area (Å²) < 4.78 is 7.13. The topological polar surface area (TPSA) is 56.1 Å². The van der Waals surface area contributed by atoms with Crippen molar-refractivity contribution < 1.29 is 9.53 Å². The Morgan fingerprint density at radius 2 is 1.88 bits per heavy atom. The zero-order valence-electron chi connectivity index (χ0n) is 14.6. The normalized spacial score (nSPS) is 11.8. The fourth-order valence-corrected chi connectivity index (χ4v) is 2.79. The van der Waals surface area contributed by atoms with E-state index in [9.17, 15) is 4.79 Å². The van der Waals surface area contributed by atoms with Crippen LogP contribution in [0.5, 0.6) is 5.75 Å². The van der Waals surface area contributed by atoms with Gasteiger partial charge in [-0.25, -0.2) is 4.98 Å². The maximum Gasteiger partial charge on any atom is 0.252 e. The number of aryl methyl sites for hydroxylation is 2. The number of rotatable bonds is 5. The molecular formula is C20H21N3O2. The first-order chi connectivity index (χ1) is 12.1. The van der Waals surface area contributed by atoms with E-state index in [4.69, 9.17) is 4.74 Å². The van der Waals surface area contributed by atoms with Gasteiger partial charge in [-0.15, -0.1) is 0 Å². The van der Waals surface area contributed by atoms with Gasteiger partial charge in [0.05, 0.1) is 7.11 Å². The second-order valence-electron chi connectivity index (χ2n) is 5.89. The summed E-state index contributed by atoms with van der Waals surface area (Å²) in [6, 6.07) is 14.8. The quantitative estimate of drug-likeness (QED) is 0.779. The van der Waals surface area contributed by atoms with Crippen LogP contribution in [0.1, 0.15) is 33.4 Å². The molecule has 1 unspecified atom stereocenters. The van der Waals surface area contributed by atoms with Gasteiger partial charge in [0.15, 0.2) is 0 Å². The zero-order valence-corrected chi connectivity index (χ0v) is 14.6. The third-order valence-corrected chi connectivity index (χ3v) is 4.23. The molecule has 128 valence electrons. The molecule has 0 fully saturated rings. The van der Waals surface area contributed by atoms with Crippen LogP contribution in [0.15, 0.2) is 60.9 Å². The molecule has 0 aliphatic rings. The Labute approximate surface area is 147 Å². The molecule has 1 amide bonds. The van der Waals surface area contributed by atoms with Crippen molar-refractivity contribution in [2.24, 2.45) is 7.05 Å². The first-order valence-corrected chi connectivity index (χ1v) is 8.08. The van der Waals surface area contributed by atoms with E-state index in [0.717, 1.165) is 22.7 Å². The van der Waals surface area contributed by atoms with Crippen LogP contribution in [-0.4, -0.2) is 22.6 Å². The largest absolute Gasteiger partial charge is 0.497 e. The number of benzene rings is 2. The standard InChI is InChI=1S/C20H21N3O2/c1-14-6-4-5-7-17(14)20(24)22-18(19-21-12-13-23(19)2)15-8-10-16(25-3)11-9-15/h4-13,18H,1-3H3,(H,22,24). The van der Waals surface area contributed by atoms with Gasteiger partial charge in [0, 0.05) is 25.0 Å². The number of hydrogen-bond acceptors (Lipinski definition) is 3. The lowest BCUT2D eigenvalue weighted by molar-refractivity contribution is 0.0940. The summed E-state index contributed by atoms with van der Waals surface area (Å²) in [5.41, 5.74) is 2.54. The smallest absolute Gasteiger partial charge is 0.252 e. The van der Waals surface area contributed by atoms with Crippen molar-refractivity contribution in [1.82, 2.24) is 14.9 Å². The van der Waals surface area contributed by atoms with Crippen LogP contribution in [0.2, 0.25) is 0 Å². The highest BCUT2D eigenvalue weighted by atomic mass is 16.5. The minimum Gasteiger partial charge on any atom is -0.497 e. The average Bonchev–Trinajstić information content (AvgIpc) is 3.06. The van der Waals surface area contributed by atoms with Crippen molar-refractivity contribution >= 4 is 5.91 Å². The number of ether oxygens (including phenoxy) is 1. The highest BCUT2D eigenvalue weighted by molar-refractivity contribution is 5.96. The molecule has 0 aliphatic carbocycles. The number of methoxy groups -OCH3 is 1. The van der Waals surface area contributed by atoms with E-state index in [1.165, 1.54) is 0 Å². The highest BCUT2D eigenvalue weighted by Crippen LogP contribution is 2.23. The van der Waals surface area contributed by atoms with E-state index in [0.29, 0.717) is 5.56 Å². The summed E-state index contributed by atoms with van der Waals surface area (Å²) >= 11 is 0. The fraction of sp³-hybridized carbons (Fsp3) is 0.200. The van der Waals surface area contributed by atoms with Gasteiger partial charge in [0.2, 0.25) is 0 Å². The molecule has 0 saturated carbocycles. The summed E-state index contributed by atoms with van der Waals surface area (Å²) in [4.78, 5) is 17.2. The molecule has 3 rings (SSSR count). The summed E-state index contributed by atoms with van der Waals surface area (Å²) in [7, 11) is 3.55. The Bertz CT molecular complexity index is 869. The predicted octanol–water partition coefficient (Wildman–Crippen LogP) is 3.26. The molecule has 0 aliphatic heterocycles. The molecule has 0 saturated heterocycles. The van der Waals surface area contributed by atoms with Gasteiger partial charge >= 0.3 is 0 Å². The molecule has 1 atom stereocenters. The number of hydrogen-bond donors (Lipinski definition) is 1. The minimum absolute atomic E-state index is 0.123. The SMILES string of the molecule is COc1ccc(C(NC(=O)c2ccccc2C)c2nccn2C)cc1. The van der Waals surface area contributed by atoms with Gasteiger partial charge in [-0.2, -0.15) is 0 Å². The number of carbonyl (C=O) groups excluding carboxylic acids is 1. The molecule has 0 bridgehead atoms. The van der Waals surface area contributed by atoms with Crippen LogP contribution in [-0.2, 0) is 7.05 Å². The molecule has 3 aromatic rings. The Kier molecular flexibility index (Phi) is 4.84. The van der Waals surface area contributed by atoms with Gasteiger partial charge in [-0.05, 0) is 36.2 Å². The maximum absolute atomic E-state index is 12.8. The third-order valence-electron chi connectivity index (χ3n) is 4.23. The van der Waals surface area contributed by atoms with E-state index in [2.05, 4.69) is 10.3 Å². The third kappa shape index (κ3) is 3.55. The first kappa shape index (κ1) is 16.8. The van der Waals surface area contributed by atoms with Crippen molar-refractivity contribution in [1.29, 1.82) is 0 Å². The number of nitrogens with zero attached hydrogens (tertiary/aromatic N) is 2. The van der Waals surface area contributed by atoms with E-state index < -0.39 is 0 Å². The van der Waals surface area contributed by atoms with Crippen molar-refractivity contribution in [2.75, 3.05) is 7.11 Å². The second-order valence-corrected chi connectivity index (χ2v) is 5.89. The van der Waals surface area contributed by atoms with E-state index in [1.54, 1.807) is 13.3 Å². The average molecular weight is 335 g/mol. The van der Waals surface area contributed by atoms with Crippen LogP contribution in [0.3, 0.4) is 0 Å². The molecule has 1 heterocycles. The van der Waals surface area contributed by atoms with E-state index in [1.807, 2.05) is 73.3 Å². The van der Waals surface area contributed by atoms with Crippen molar-refractivity contribution in [3.05, 3.63) is 83.4 Å². The van der Waals surface area contributed by atoms with Crippen LogP contribution >= 0.6 is 0 Å². The van der Waals surface area contributed by atoms with Crippen LogP contribution < -0.4 is 10.1 Å². The van der Waals surface area contributed by atoms with E-state index in [-0.39, 0.29) is 11.9 Å². The lowest BCUT2D eigenvalue weighted by Gasteiger charge is -2.20.